The number of rotatable bonds is 11. The highest BCUT2D eigenvalue weighted by molar-refractivity contribution is 5.88. The number of aromatic nitrogens is 4. The maximum atomic E-state index is 13.6. The third-order valence-electron chi connectivity index (χ3n) is 12.5. The van der Waals surface area contributed by atoms with E-state index in [-0.39, 0.29) is 47.8 Å². The topological polar surface area (TPSA) is 197 Å². The van der Waals surface area contributed by atoms with Crippen LogP contribution in [-0.4, -0.2) is 88.1 Å². The Morgan fingerprint density at radius 2 is 0.963 bits per heavy atom. The lowest BCUT2D eigenvalue weighted by Crippen LogP contribution is -2.50. The number of H-pyrrole nitrogens is 2. The molecular formula is C40H42N8O6. The second kappa shape index (κ2) is 12.5. The zero-order valence-electron chi connectivity index (χ0n) is 29.5. The summed E-state index contributed by atoms with van der Waals surface area (Å²) in [6, 6.07) is 14.9. The van der Waals surface area contributed by atoms with Gasteiger partial charge in [0.25, 0.3) is 0 Å². The SMILES string of the molecule is O=C(O)N[C@@H](C(=O)N1C2C[C@@H]2C[C@H]1c1nc(-c2ccc(-c3ccc(-c4c[nH]c([C@@H]5C[C@H]6CC6N5C(=O)[C@H](NC(=O)O)C5CC5)n4)cc3)cc2)c[nH]1)C1CC1. The molecule has 4 heterocycles. The van der Waals surface area contributed by atoms with E-state index in [1.54, 1.807) is 0 Å². The Balaban J connectivity index is 0.810. The van der Waals surface area contributed by atoms with Crippen LogP contribution in [-0.2, 0) is 9.59 Å². The Bertz CT molecular complexity index is 1990. The molecule has 2 aromatic carbocycles. The normalized spacial score (nSPS) is 27.5. The number of hydrogen-bond donors (Lipinski definition) is 6. The first-order valence-electron chi connectivity index (χ1n) is 19.1. The van der Waals surface area contributed by atoms with Crippen LogP contribution in [0, 0.1) is 23.7 Å². The van der Waals surface area contributed by atoms with Gasteiger partial charge >= 0.3 is 12.2 Å². The van der Waals surface area contributed by atoms with Crippen molar-refractivity contribution < 1.29 is 29.4 Å². The zero-order chi connectivity index (χ0) is 36.8. The van der Waals surface area contributed by atoms with Crippen LogP contribution in [0.5, 0.6) is 0 Å². The largest absolute Gasteiger partial charge is 0.465 e. The number of likely N-dealkylation sites (tertiary alicyclic amines) is 2. The monoisotopic (exact) mass is 730 g/mol. The second-order valence-electron chi connectivity index (χ2n) is 16.1. The minimum atomic E-state index is -1.16. The van der Waals surface area contributed by atoms with Gasteiger partial charge in [0.1, 0.15) is 23.7 Å². The Morgan fingerprint density at radius 1 is 0.593 bits per heavy atom. The number of carbonyl (C=O) groups is 4. The van der Waals surface area contributed by atoms with Crippen molar-refractivity contribution in [2.45, 2.75) is 87.6 Å². The van der Waals surface area contributed by atoms with Crippen LogP contribution in [0.1, 0.15) is 75.1 Å². The van der Waals surface area contributed by atoms with Gasteiger partial charge < -0.3 is 40.6 Å². The van der Waals surface area contributed by atoms with E-state index in [2.05, 4.69) is 44.9 Å². The summed E-state index contributed by atoms with van der Waals surface area (Å²) in [5, 5.41) is 23.7. The molecule has 0 spiro atoms. The van der Waals surface area contributed by atoms with Crippen molar-refractivity contribution in [1.82, 2.24) is 40.4 Å². The highest BCUT2D eigenvalue weighted by atomic mass is 16.4. The van der Waals surface area contributed by atoms with E-state index in [1.807, 2.05) is 46.5 Å². The average Bonchev–Trinajstić information content (AvgIpc) is 4.13. The minimum absolute atomic E-state index is 0.0701. The smallest absolute Gasteiger partial charge is 0.405 e. The van der Waals surface area contributed by atoms with Gasteiger partial charge in [-0.15, -0.1) is 0 Å². The highest BCUT2D eigenvalue weighted by Crippen LogP contribution is 2.55. The van der Waals surface area contributed by atoms with Gasteiger partial charge in [-0.3, -0.25) is 9.59 Å². The number of fused-ring (bicyclic) bond motifs is 2. The number of aromatic amines is 2. The molecule has 14 nitrogen and oxygen atoms in total. The van der Waals surface area contributed by atoms with E-state index in [9.17, 15) is 29.4 Å². The highest BCUT2D eigenvalue weighted by Gasteiger charge is 2.58. The van der Waals surface area contributed by atoms with Crippen molar-refractivity contribution in [2.24, 2.45) is 23.7 Å². The maximum absolute atomic E-state index is 13.6. The number of carbonyl (C=O) groups excluding carboxylic acids is 2. The molecule has 14 heteroatoms. The van der Waals surface area contributed by atoms with E-state index in [1.165, 1.54) is 0 Å². The molecule has 10 rings (SSSR count). The number of nitrogens with zero attached hydrogens (tertiary/aromatic N) is 4. The summed E-state index contributed by atoms with van der Waals surface area (Å²) in [6.45, 7) is 0. The molecule has 6 aliphatic rings. The Kier molecular flexibility index (Phi) is 7.60. The Hall–Kier alpha value is -5.66. The van der Waals surface area contributed by atoms with Crippen molar-refractivity contribution >= 4 is 24.0 Å². The molecule has 2 saturated heterocycles. The van der Waals surface area contributed by atoms with Crippen molar-refractivity contribution in [3.63, 3.8) is 0 Å². The molecule has 0 bridgehead atoms. The van der Waals surface area contributed by atoms with E-state index in [0.717, 1.165) is 96.7 Å². The zero-order valence-corrected chi connectivity index (χ0v) is 29.5. The quantitative estimate of drug-likeness (QED) is 0.116. The number of carboxylic acid groups (broad SMARTS) is 2. The van der Waals surface area contributed by atoms with Gasteiger partial charge in [-0.25, -0.2) is 19.6 Å². The molecule has 8 atom stereocenters. The first-order chi connectivity index (χ1) is 26.2. The van der Waals surface area contributed by atoms with E-state index in [0.29, 0.717) is 11.8 Å². The molecule has 2 aliphatic heterocycles. The van der Waals surface area contributed by atoms with Crippen LogP contribution in [0.2, 0.25) is 0 Å². The third kappa shape index (κ3) is 5.97. The predicted octanol–water partition coefficient (Wildman–Crippen LogP) is 5.55. The van der Waals surface area contributed by atoms with Crippen LogP contribution in [0.4, 0.5) is 9.59 Å². The molecule has 6 fully saturated rings. The van der Waals surface area contributed by atoms with Crippen molar-refractivity contribution in [2.75, 3.05) is 0 Å². The lowest BCUT2D eigenvalue weighted by atomic mass is 10.0. The molecule has 4 aliphatic carbocycles. The fourth-order valence-corrected chi connectivity index (χ4v) is 9.22. The summed E-state index contributed by atoms with van der Waals surface area (Å²) in [6.07, 6.45) is 8.46. The Labute approximate surface area is 310 Å². The van der Waals surface area contributed by atoms with Crippen molar-refractivity contribution in [3.8, 4) is 33.6 Å². The summed E-state index contributed by atoms with van der Waals surface area (Å²) >= 11 is 0. The molecule has 2 unspecified atom stereocenters. The van der Waals surface area contributed by atoms with E-state index >= 15 is 0 Å². The van der Waals surface area contributed by atoms with Gasteiger partial charge in [-0.2, -0.15) is 0 Å². The molecule has 278 valence electrons. The molecule has 2 aromatic heterocycles. The van der Waals surface area contributed by atoms with Crippen LogP contribution in [0.25, 0.3) is 33.6 Å². The summed E-state index contributed by atoms with van der Waals surface area (Å²) in [5.74, 6) is 2.22. The number of piperidine rings is 2. The maximum Gasteiger partial charge on any atom is 0.405 e. The molecule has 4 aromatic rings. The van der Waals surface area contributed by atoms with Crippen LogP contribution < -0.4 is 10.6 Å². The van der Waals surface area contributed by atoms with E-state index in [4.69, 9.17) is 9.97 Å². The van der Waals surface area contributed by atoms with Gasteiger partial charge in [-0.1, -0.05) is 48.5 Å². The molecule has 0 radical (unpaired) electrons. The van der Waals surface area contributed by atoms with Gasteiger partial charge in [0.2, 0.25) is 11.8 Å². The molecular weight excluding hydrogens is 688 g/mol. The number of amides is 4. The summed E-state index contributed by atoms with van der Waals surface area (Å²) in [5.41, 5.74) is 5.58. The lowest BCUT2D eigenvalue weighted by molar-refractivity contribution is -0.136. The predicted molar refractivity (Wildman–Crippen MR) is 195 cm³/mol. The summed E-state index contributed by atoms with van der Waals surface area (Å²) in [4.78, 5) is 70.4. The average molecular weight is 731 g/mol. The van der Waals surface area contributed by atoms with Crippen LogP contribution >= 0.6 is 0 Å². The van der Waals surface area contributed by atoms with Crippen LogP contribution in [0.3, 0.4) is 0 Å². The summed E-state index contributed by atoms with van der Waals surface area (Å²) in [7, 11) is 0. The first kappa shape index (κ1) is 32.9. The van der Waals surface area contributed by atoms with E-state index < -0.39 is 24.3 Å². The third-order valence-corrected chi connectivity index (χ3v) is 12.5. The van der Waals surface area contributed by atoms with Gasteiger partial charge in [0.15, 0.2) is 0 Å². The van der Waals surface area contributed by atoms with Gasteiger partial charge in [-0.05, 0) is 86.2 Å². The fraction of sp³-hybridized carbons (Fsp3) is 0.450. The fourth-order valence-electron chi connectivity index (χ4n) is 9.22. The standard InChI is InChI=1S/C40H42N8O6/c49-37(33(23-9-10-23)45-39(51)52)47-29-13-25(29)15-31(47)35-41-17-27(43-35)21-5-1-19(2-6-21)20-3-7-22(8-4-20)28-18-42-36(44-28)32-16-26-14-30(26)48(32)38(50)34(24-11-12-24)46-40(53)54/h1-8,17-18,23-26,29-34,45-46H,9-16H2,(H,41,43)(H,42,44)(H,51,52)(H,53,54)/t25-,26-,29?,30?,31+,32+,33-,34-/m1/s1. The molecule has 6 N–H and O–H groups in total. The summed E-state index contributed by atoms with van der Waals surface area (Å²) < 4.78 is 0. The van der Waals surface area contributed by atoms with Gasteiger partial charge in [0, 0.05) is 35.6 Å². The molecule has 4 amide bonds. The number of imidazole rings is 2. The van der Waals surface area contributed by atoms with Gasteiger partial charge in [0.05, 0.1) is 23.5 Å². The number of hydrogen-bond acceptors (Lipinski definition) is 6. The molecule has 4 saturated carbocycles. The second-order valence-corrected chi connectivity index (χ2v) is 16.1. The minimum Gasteiger partial charge on any atom is -0.465 e. The lowest BCUT2D eigenvalue weighted by Gasteiger charge is -2.30. The Morgan fingerprint density at radius 3 is 1.31 bits per heavy atom. The van der Waals surface area contributed by atoms with Crippen molar-refractivity contribution in [1.29, 1.82) is 0 Å². The number of benzene rings is 2. The van der Waals surface area contributed by atoms with Crippen LogP contribution in [0.15, 0.2) is 60.9 Å². The first-order valence-corrected chi connectivity index (χ1v) is 19.1. The number of nitrogens with one attached hydrogen (secondary N) is 4. The van der Waals surface area contributed by atoms with Crippen molar-refractivity contribution in [3.05, 3.63) is 72.6 Å². The molecule has 54 heavy (non-hydrogen) atoms.